The number of carbonyl (C=O) groups is 2. The van der Waals surface area contributed by atoms with Gasteiger partial charge in [-0.15, -0.1) is 0 Å². The summed E-state index contributed by atoms with van der Waals surface area (Å²) in [6.07, 6.45) is 2.16. The molecular weight excluding hydrogens is 204 g/mol. The number of nitrogens with zero attached hydrogens (tertiary/aromatic N) is 2. The first-order valence-electron chi connectivity index (χ1n) is 6.19. The molecule has 0 unspecified atom stereocenters. The lowest BCUT2D eigenvalue weighted by molar-refractivity contribution is -0.133. The molecule has 0 spiro atoms. The smallest absolute Gasteiger partial charge is 0.222 e. The van der Waals surface area contributed by atoms with Crippen molar-refractivity contribution in [2.45, 2.75) is 33.1 Å². The minimum Gasteiger partial charge on any atom is -0.340 e. The van der Waals surface area contributed by atoms with Crippen molar-refractivity contribution < 1.29 is 9.59 Å². The average molecular weight is 226 g/mol. The number of hydrogen-bond acceptors (Lipinski definition) is 3. The molecule has 0 aromatic rings. The van der Waals surface area contributed by atoms with E-state index in [0.717, 1.165) is 32.6 Å². The first-order valence-corrected chi connectivity index (χ1v) is 6.19. The number of rotatable bonds is 5. The van der Waals surface area contributed by atoms with E-state index >= 15 is 0 Å². The van der Waals surface area contributed by atoms with Gasteiger partial charge in [0.05, 0.1) is 6.54 Å². The minimum absolute atomic E-state index is 0.254. The van der Waals surface area contributed by atoms with Crippen LogP contribution in [0.2, 0.25) is 0 Å². The number of piperazine rings is 1. The second kappa shape index (κ2) is 6.63. The van der Waals surface area contributed by atoms with Gasteiger partial charge in [-0.1, -0.05) is 13.8 Å². The van der Waals surface area contributed by atoms with Crippen LogP contribution in [0.4, 0.5) is 0 Å². The monoisotopic (exact) mass is 226 g/mol. The van der Waals surface area contributed by atoms with Crippen LogP contribution in [0, 0.1) is 0 Å². The van der Waals surface area contributed by atoms with Gasteiger partial charge < -0.3 is 4.90 Å². The van der Waals surface area contributed by atoms with Gasteiger partial charge in [0, 0.05) is 39.0 Å². The van der Waals surface area contributed by atoms with Crippen molar-refractivity contribution in [3.63, 3.8) is 0 Å². The van der Waals surface area contributed by atoms with Crippen molar-refractivity contribution in [3.05, 3.63) is 0 Å². The lowest BCUT2D eigenvalue weighted by Crippen LogP contribution is -2.49. The van der Waals surface area contributed by atoms with E-state index < -0.39 is 0 Å². The normalized spacial score (nSPS) is 17.5. The topological polar surface area (TPSA) is 40.6 Å². The van der Waals surface area contributed by atoms with Crippen molar-refractivity contribution in [1.82, 2.24) is 9.80 Å². The van der Waals surface area contributed by atoms with Gasteiger partial charge in [-0.2, -0.15) is 0 Å². The highest BCUT2D eigenvalue weighted by molar-refractivity contribution is 5.80. The predicted molar refractivity (Wildman–Crippen MR) is 63.2 cm³/mol. The van der Waals surface area contributed by atoms with E-state index in [1.807, 2.05) is 18.7 Å². The van der Waals surface area contributed by atoms with Crippen LogP contribution in [-0.2, 0) is 9.59 Å². The van der Waals surface area contributed by atoms with E-state index in [9.17, 15) is 9.59 Å². The summed E-state index contributed by atoms with van der Waals surface area (Å²) in [5.74, 6) is 0.539. The number of Topliss-reactive ketones (excluding diaryl/α,β-unsaturated/α-hetero) is 1. The fourth-order valence-electron chi connectivity index (χ4n) is 1.89. The molecule has 1 heterocycles. The fraction of sp³-hybridized carbons (Fsp3) is 0.833. The van der Waals surface area contributed by atoms with Gasteiger partial charge in [-0.05, 0) is 6.42 Å². The van der Waals surface area contributed by atoms with Crippen LogP contribution < -0.4 is 0 Å². The summed E-state index contributed by atoms with van der Waals surface area (Å²) in [6, 6.07) is 0. The first kappa shape index (κ1) is 13.2. The van der Waals surface area contributed by atoms with Crippen LogP contribution in [0.3, 0.4) is 0 Å². The van der Waals surface area contributed by atoms with Gasteiger partial charge in [0.15, 0.2) is 0 Å². The molecule has 1 aliphatic rings. The Hall–Kier alpha value is -0.900. The highest BCUT2D eigenvalue weighted by Gasteiger charge is 2.21. The molecule has 0 saturated carbocycles. The zero-order valence-electron chi connectivity index (χ0n) is 10.4. The first-order chi connectivity index (χ1) is 7.67. The summed E-state index contributed by atoms with van der Waals surface area (Å²) in [7, 11) is 0. The molecule has 0 atom stereocenters. The Kier molecular flexibility index (Phi) is 5.46. The average Bonchev–Trinajstić information content (AvgIpc) is 2.30. The third kappa shape index (κ3) is 3.93. The lowest BCUT2D eigenvalue weighted by atomic mass is 10.2. The number of hydrogen-bond donors (Lipinski definition) is 0. The summed E-state index contributed by atoms with van der Waals surface area (Å²) in [5, 5.41) is 0. The molecule has 1 fully saturated rings. The van der Waals surface area contributed by atoms with Gasteiger partial charge in [-0.25, -0.2) is 0 Å². The third-order valence-electron chi connectivity index (χ3n) is 2.98. The van der Waals surface area contributed by atoms with Crippen molar-refractivity contribution in [2.75, 3.05) is 32.7 Å². The van der Waals surface area contributed by atoms with Crippen molar-refractivity contribution in [3.8, 4) is 0 Å². The molecule has 1 amide bonds. The molecular formula is C12H22N2O2. The largest absolute Gasteiger partial charge is 0.340 e. The molecule has 0 N–H and O–H groups in total. The summed E-state index contributed by atoms with van der Waals surface area (Å²) in [4.78, 5) is 27.0. The van der Waals surface area contributed by atoms with Gasteiger partial charge in [0.1, 0.15) is 5.78 Å². The molecule has 4 nitrogen and oxygen atoms in total. The lowest BCUT2D eigenvalue weighted by Gasteiger charge is -2.34. The molecule has 1 aliphatic heterocycles. The van der Waals surface area contributed by atoms with Crippen molar-refractivity contribution in [2.24, 2.45) is 0 Å². The predicted octanol–water partition coefficient (Wildman–Crippen LogP) is 0.910. The van der Waals surface area contributed by atoms with E-state index in [1.165, 1.54) is 0 Å². The van der Waals surface area contributed by atoms with Gasteiger partial charge in [0.25, 0.3) is 0 Å². The number of amides is 1. The maximum Gasteiger partial charge on any atom is 0.222 e. The fourth-order valence-corrected chi connectivity index (χ4v) is 1.89. The number of carbonyl (C=O) groups excluding carboxylic acids is 2. The van der Waals surface area contributed by atoms with E-state index in [0.29, 0.717) is 19.4 Å². The minimum atomic E-state index is 0.254. The Morgan fingerprint density at radius 2 is 1.69 bits per heavy atom. The highest BCUT2D eigenvalue weighted by atomic mass is 16.2. The Labute approximate surface area is 97.6 Å². The zero-order valence-corrected chi connectivity index (χ0v) is 10.4. The van der Waals surface area contributed by atoms with E-state index in [1.54, 1.807) is 0 Å². The molecule has 0 aromatic heterocycles. The quantitative estimate of drug-likeness (QED) is 0.699. The Morgan fingerprint density at radius 1 is 1.06 bits per heavy atom. The van der Waals surface area contributed by atoms with Gasteiger partial charge in [-0.3, -0.25) is 14.5 Å². The molecule has 1 rings (SSSR count). The van der Waals surface area contributed by atoms with Gasteiger partial charge in [0.2, 0.25) is 5.91 Å². The summed E-state index contributed by atoms with van der Waals surface area (Å²) in [5.41, 5.74) is 0. The van der Waals surface area contributed by atoms with Crippen LogP contribution in [0.1, 0.15) is 33.1 Å². The standard InChI is InChI=1S/C12H22N2O2/c1-3-5-12(16)14-8-6-13(7-9-14)10-11(15)4-2/h3-10H2,1-2H3. The molecule has 16 heavy (non-hydrogen) atoms. The van der Waals surface area contributed by atoms with E-state index in [-0.39, 0.29) is 11.7 Å². The van der Waals surface area contributed by atoms with Crippen molar-refractivity contribution >= 4 is 11.7 Å². The summed E-state index contributed by atoms with van der Waals surface area (Å²) >= 11 is 0. The molecule has 92 valence electrons. The molecule has 0 aliphatic carbocycles. The van der Waals surface area contributed by atoms with Crippen LogP contribution in [0.5, 0.6) is 0 Å². The molecule has 1 saturated heterocycles. The van der Waals surface area contributed by atoms with Crippen LogP contribution in [0.25, 0.3) is 0 Å². The van der Waals surface area contributed by atoms with Gasteiger partial charge >= 0.3 is 0 Å². The molecule has 0 aromatic carbocycles. The molecule has 4 heteroatoms. The van der Waals surface area contributed by atoms with Crippen LogP contribution in [0.15, 0.2) is 0 Å². The Balaban J connectivity index is 2.28. The molecule has 0 radical (unpaired) electrons. The Morgan fingerprint density at radius 3 is 2.19 bits per heavy atom. The second-order valence-electron chi connectivity index (χ2n) is 4.30. The second-order valence-corrected chi connectivity index (χ2v) is 4.30. The summed E-state index contributed by atoms with van der Waals surface area (Å²) < 4.78 is 0. The third-order valence-corrected chi connectivity index (χ3v) is 2.98. The molecule has 0 bridgehead atoms. The SMILES string of the molecule is CCCC(=O)N1CCN(CC(=O)CC)CC1. The van der Waals surface area contributed by atoms with E-state index in [4.69, 9.17) is 0 Å². The maximum absolute atomic E-state index is 11.6. The zero-order chi connectivity index (χ0) is 12.0. The summed E-state index contributed by atoms with van der Waals surface area (Å²) in [6.45, 7) is 7.68. The number of ketones is 1. The highest BCUT2D eigenvalue weighted by Crippen LogP contribution is 2.05. The van der Waals surface area contributed by atoms with Crippen molar-refractivity contribution in [1.29, 1.82) is 0 Å². The Bertz CT molecular complexity index is 245. The van der Waals surface area contributed by atoms with E-state index in [2.05, 4.69) is 4.90 Å². The van der Waals surface area contributed by atoms with Crippen LogP contribution >= 0.6 is 0 Å². The maximum atomic E-state index is 11.6. The van der Waals surface area contributed by atoms with Crippen LogP contribution in [-0.4, -0.2) is 54.2 Å².